The molecular weight excluding hydrogens is 306 g/mol. The van der Waals surface area contributed by atoms with E-state index in [1.165, 1.54) is 0 Å². The lowest BCUT2D eigenvalue weighted by atomic mass is 10.2. The summed E-state index contributed by atoms with van der Waals surface area (Å²) in [5.74, 6) is 1.21. The predicted octanol–water partition coefficient (Wildman–Crippen LogP) is 4.48. The number of amides is 1. The van der Waals surface area contributed by atoms with Gasteiger partial charge in [-0.05, 0) is 38.1 Å². The molecule has 0 radical (unpaired) electrons. The van der Waals surface area contributed by atoms with Crippen LogP contribution in [0.3, 0.4) is 0 Å². The first kappa shape index (κ1) is 15.9. The molecule has 1 aromatic heterocycles. The van der Waals surface area contributed by atoms with Crippen LogP contribution in [0.4, 0.5) is 5.69 Å². The third kappa shape index (κ3) is 3.35. The molecule has 0 saturated heterocycles. The fraction of sp³-hybridized carbons (Fsp3) is 0.211. The van der Waals surface area contributed by atoms with Gasteiger partial charge in [0.1, 0.15) is 5.58 Å². The molecule has 0 atom stereocenters. The van der Waals surface area contributed by atoms with Crippen LogP contribution < -0.4 is 14.8 Å². The van der Waals surface area contributed by atoms with Crippen LogP contribution in [0.1, 0.15) is 24.4 Å². The van der Waals surface area contributed by atoms with E-state index in [4.69, 9.17) is 13.9 Å². The number of hydrogen-bond acceptors (Lipinski definition) is 4. The van der Waals surface area contributed by atoms with Crippen LogP contribution in [0.2, 0.25) is 0 Å². The van der Waals surface area contributed by atoms with E-state index in [2.05, 4.69) is 5.32 Å². The highest BCUT2D eigenvalue weighted by Gasteiger charge is 2.14. The minimum Gasteiger partial charge on any atom is -0.490 e. The maximum absolute atomic E-state index is 12.4. The van der Waals surface area contributed by atoms with E-state index in [9.17, 15) is 4.79 Å². The van der Waals surface area contributed by atoms with Crippen LogP contribution in [0.15, 0.2) is 52.9 Å². The summed E-state index contributed by atoms with van der Waals surface area (Å²) in [7, 11) is 0. The van der Waals surface area contributed by atoms with Crippen molar-refractivity contribution < 1.29 is 18.7 Å². The van der Waals surface area contributed by atoms with E-state index in [1.54, 1.807) is 24.3 Å². The number of carbonyl (C=O) groups excluding carboxylic acids is 1. The number of carbonyl (C=O) groups is 1. The van der Waals surface area contributed by atoms with Crippen LogP contribution in [0.25, 0.3) is 11.0 Å². The van der Waals surface area contributed by atoms with E-state index < -0.39 is 0 Å². The first-order valence-corrected chi connectivity index (χ1v) is 7.90. The molecule has 0 bridgehead atoms. The van der Waals surface area contributed by atoms with E-state index >= 15 is 0 Å². The van der Waals surface area contributed by atoms with Gasteiger partial charge in [-0.1, -0.05) is 18.2 Å². The molecule has 0 spiro atoms. The van der Waals surface area contributed by atoms with Crippen molar-refractivity contribution in [2.24, 2.45) is 0 Å². The van der Waals surface area contributed by atoms with Gasteiger partial charge in [-0.25, -0.2) is 0 Å². The summed E-state index contributed by atoms with van der Waals surface area (Å²) in [5, 5.41) is 3.71. The molecule has 5 nitrogen and oxygen atoms in total. The van der Waals surface area contributed by atoms with Gasteiger partial charge in [0.05, 0.1) is 13.2 Å². The summed E-state index contributed by atoms with van der Waals surface area (Å²) in [6.45, 7) is 4.87. The Morgan fingerprint density at radius 1 is 1.00 bits per heavy atom. The first-order valence-electron chi connectivity index (χ1n) is 7.90. The zero-order valence-electron chi connectivity index (χ0n) is 13.7. The first-order chi connectivity index (χ1) is 11.7. The molecule has 3 rings (SSSR count). The summed E-state index contributed by atoms with van der Waals surface area (Å²) < 4.78 is 16.7. The van der Waals surface area contributed by atoms with E-state index in [0.717, 1.165) is 5.39 Å². The molecule has 0 aliphatic rings. The van der Waals surface area contributed by atoms with Gasteiger partial charge >= 0.3 is 0 Å². The Labute approximate surface area is 140 Å². The molecule has 2 aromatic carbocycles. The normalized spacial score (nSPS) is 10.6. The molecule has 0 aliphatic carbocycles. The Kier molecular flexibility index (Phi) is 4.70. The van der Waals surface area contributed by atoms with Gasteiger partial charge in [-0.15, -0.1) is 0 Å². The van der Waals surface area contributed by atoms with Gasteiger partial charge in [0, 0.05) is 17.1 Å². The number of fused-ring (bicyclic) bond motifs is 1. The lowest BCUT2D eigenvalue weighted by Crippen LogP contribution is -2.11. The van der Waals surface area contributed by atoms with E-state index in [1.807, 2.05) is 38.1 Å². The number of rotatable bonds is 6. The van der Waals surface area contributed by atoms with Crippen LogP contribution in [0, 0.1) is 0 Å². The van der Waals surface area contributed by atoms with Crippen molar-refractivity contribution in [2.75, 3.05) is 18.5 Å². The van der Waals surface area contributed by atoms with Crippen molar-refractivity contribution in [2.45, 2.75) is 13.8 Å². The Balaban J connectivity index is 1.81. The van der Waals surface area contributed by atoms with Gasteiger partial charge in [0.15, 0.2) is 17.3 Å². The number of nitrogens with one attached hydrogen (secondary N) is 1. The average Bonchev–Trinajstić information content (AvgIpc) is 3.02. The number of para-hydroxylation sites is 1. The maximum atomic E-state index is 12.4. The Morgan fingerprint density at radius 3 is 2.50 bits per heavy atom. The maximum Gasteiger partial charge on any atom is 0.291 e. The Bertz CT molecular complexity index is 820. The molecule has 0 aliphatic heterocycles. The van der Waals surface area contributed by atoms with Crippen LogP contribution >= 0.6 is 0 Å². The fourth-order valence-electron chi connectivity index (χ4n) is 2.42. The molecule has 3 aromatic rings. The number of furan rings is 1. The third-order valence-corrected chi connectivity index (χ3v) is 3.45. The highest BCUT2D eigenvalue weighted by molar-refractivity contribution is 6.04. The van der Waals surface area contributed by atoms with Crippen molar-refractivity contribution >= 4 is 22.6 Å². The SMILES string of the molecule is CCOc1ccc(NC(=O)c2cc3ccccc3o2)cc1OCC. The van der Waals surface area contributed by atoms with Crippen molar-refractivity contribution in [1.82, 2.24) is 0 Å². The average molecular weight is 325 g/mol. The number of ether oxygens (including phenoxy) is 2. The molecular formula is C19H19NO4. The highest BCUT2D eigenvalue weighted by atomic mass is 16.5. The lowest BCUT2D eigenvalue weighted by molar-refractivity contribution is 0.0998. The van der Waals surface area contributed by atoms with E-state index in [-0.39, 0.29) is 11.7 Å². The number of benzene rings is 2. The van der Waals surface area contributed by atoms with Gasteiger partial charge in [-0.3, -0.25) is 4.79 Å². The van der Waals surface area contributed by atoms with E-state index in [0.29, 0.717) is 36.0 Å². The smallest absolute Gasteiger partial charge is 0.291 e. The Morgan fingerprint density at radius 2 is 1.75 bits per heavy atom. The van der Waals surface area contributed by atoms with Crippen LogP contribution in [-0.2, 0) is 0 Å². The summed E-state index contributed by atoms with van der Waals surface area (Å²) in [5.41, 5.74) is 1.30. The quantitative estimate of drug-likeness (QED) is 0.726. The topological polar surface area (TPSA) is 60.7 Å². The van der Waals surface area contributed by atoms with Crippen LogP contribution in [0.5, 0.6) is 11.5 Å². The molecule has 5 heteroatoms. The highest BCUT2D eigenvalue weighted by Crippen LogP contribution is 2.31. The van der Waals surface area contributed by atoms with Crippen molar-refractivity contribution in [1.29, 1.82) is 0 Å². The summed E-state index contributed by atoms with van der Waals surface area (Å²) in [6.07, 6.45) is 0. The molecule has 124 valence electrons. The zero-order chi connectivity index (χ0) is 16.9. The van der Waals surface area contributed by atoms with Crippen molar-refractivity contribution in [3.8, 4) is 11.5 Å². The van der Waals surface area contributed by atoms with Gasteiger partial charge < -0.3 is 19.2 Å². The summed E-state index contributed by atoms with van der Waals surface area (Å²) in [4.78, 5) is 12.4. The molecule has 0 unspecified atom stereocenters. The second-order valence-electron chi connectivity index (χ2n) is 5.13. The van der Waals surface area contributed by atoms with Gasteiger partial charge in [-0.2, -0.15) is 0 Å². The summed E-state index contributed by atoms with van der Waals surface area (Å²) >= 11 is 0. The third-order valence-electron chi connectivity index (χ3n) is 3.45. The Hall–Kier alpha value is -2.95. The summed E-state index contributed by atoms with van der Waals surface area (Å²) in [6, 6.07) is 14.5. The predicted molar refractivity (Wildman–Crippen MR) is 92.9 cm³/mol. The molecule has 1 amide bonds. The standard InChI is InChI=1S/C19H19NO4/c1-3-22-16-10-9-14(12-17(16)23-4-2)20-19(21)18-11-13-7-5-6-8-15(13)24-18/h5-12H,3-4H2,1-2H3,(H,20,21). The van der Waals surface area contributed by atoms with Gasteiger partial charge in [0.25, 0.3) is 5.91 Å². The van der Waals surface area contributed by atoms with Crippen LogP contribution in [-0.4, -0.2) is 19.1 Å². The van der Waals surface area contributed by atoms with Gasteiger partial charge in [0.2, 0.25) is 0 Å². The molecule has 24 heavy (non-hydrogen) atoms. The largest absolute Gasteiger partial charge is 0.490 e. The monoisotopic (exact) mass is 325 g/mol. The number of hydrogen-bond donors (Lipinski definition) is 1. The molecule has 0 fully saturated rings. The second-order valence-corrected chi connectivity index (χ2v) is 5.13. The minimum atomic E-state index is -0.308. The second kappa shape index (κ2) is 7.08. The number of anilines is 1. The van der Waals surface area contributed by atoms with Crippen molar-refractivity contribution in [3.63, 3.8) is 0 Å². The van der Waals surface area contributed by atoms with Crippen molar-refractivity contribution in [3.05, 3.63) is 54.3 Å². The molecule has 0 saturated carbocycles. The lowest BCUT2D eigenvalue weighted by Gasteiger charge is -2.12. The minimum absolute atomic E-state index is 0.267. The fourth-order valence-corrected chi connectivity index (χ4v) is 2.42. The molecule has 1 N–H and O–H groups in total. The zero-order valence-corrected chi connectivity index (χ0v) is 13.7. The molecule has 1 heterocycles.